The lowest BCUT2D eigenvalue weighted by Gasteiger charge is -2.28. The van der Waals surface area contributed by atoms with Gasteiger partial charge in [-0.25, -0.2) is 9.97 Å². The lowest BCUT2D eigenvalue weighted by atomic mass is 9.87. The number of carbonyl (C=O) groups excluding carboxylic acids is 1. The summed E-state index contributed by atoms with van der Waals surface area (Å²) in [6, 6.07) is 6.16. The minimum Gasteiger partial charge on any atom is -0.395 e. The van der Waals surface area contributed by atoms with Crippen molar-refractivity contribution in [3.8, 4) is 0 Å². The largest absolute Gasteiger partial charge is 0.395 e. The van der Waals surface area contributed by atoms with Crippen LogP contribution >= 0.6 is 23.3 Å². The standard InChI is InChI=1S/C21H24N6O2S2/c1-2-27(7-8-28)21(29)12-3-5-14-16(9-12)30-20-18(14)19(22-11-23-20)24-13-4-6-15-17(10-13)31-26-25-15/h4,6,10-12,25-26,28H,2-3,5,7-9H2,1H3,(H,22,23,24)/t12-/m0/s1. The Hall–Kier alpha value is -2.40. The molecule has 0 unspecified atom stereocenters. The number of aliphatic hydroxyl groups is 1. The average molecular weight is 457 g/mol. The summed E-state index contributed by atoms with van der Waals surface area (Å²) in [4.78, 5) is 30.1. The number of aromatic nitrogens is 2. The van der Waals surface area contributed by atoms with Crippen LogP contribution in [0.2, 0.25) is 0 Å². The fraction of sp³-hybridized carbons (Fsp3) is 0.381. The quantitative estimate of drug-likeness (QED) is 0.419. The predicted octanol–water partition coefficient (Wildman–Crippen LogP) is 3.32. The van der Waals surface area contributed by atoms with E-state index in [1.165, 1.54) is 10.4 Å². The Morgan fingerprint density at radius 1 is 1.39 bits per heavy atom. The Bertz CT molecular complexity index is 1130. The molecule has 0 spiro atoms. The van der Waals surface area contributed by atoms with Crippen LogP contribution in [0.15, 0.2) is 29.4 Å². The molecule has 0 radical (unpaired) electrons. The molecular formula is C21H24N6O2S2. The van der Waals surface area contributed by atoms with Crippen LogP contribution in [0.1, 0.15) is 23.8 Å². The Morgan fingerprint density at radius 3 is 3.13 bits per heavy atom. The number of nitrogens with zero attached hydrogens (tertiary/aromatic N) is 3. The third-order valence-electron chi connectivity index (χ3n) is 5.85. The normalized spacial score (nSPS) is 17.2. The summed E-state index contributed by atoms with van der Waals surface area (Å²) in [5, 5.41) is 13.8. The van der Waals surface area contributed by atoms with Gasteiger partial charge in [-0.15, -0.1) is 11.3 Å². The van der Waals surface area contributed by atoms with Crippen molar-refractivity contribution >= 4 is 56.6 Å². The highest BCUT2D eigenvalue weighted by molar-refractivity contribution is 7.98. The van der Waals surface area contributed by atoms with Crippen LogP contribution in [0, 0.1) is 5.92 Å². The highest BCUT2D eigenvalue weighted by Gasteiger charge is 2.31. The molecule has 1 amide bonds. The van der Waals surface area contributed by atoms with Crippen molar-refractivity contribution < 1.29 is 9.90 Å². The molecule has 1 aliphatic heterocycles. The van der Waals surface area contributed by atoms with Crippen molar-refractivity contribution in [1.82, 2.24) is 19.7 Å². The van der Waals surface area contributed by atoms with Crippen LogP contribution < -0.4 is 15.6 Å². The van der Waals surface area contributed by atoms with E-state index in [1.54, 1.807) is 34.5 Å². The fourth-order valence-electron chi connectivity index (χ4n) is 4.28. The van der Waals surface area contributed by atoms with Crippen molar-refractivity contribution in [2.24, 2.45) is 5.92 Å². The van der Waals surface area contributed by atoms with Crippen molar-refractivity contribution in [3.05, 3.63) is 35.0 Å². The van der Waals surface area contributed by atoms with Crippen LogP contribution in [0.25, 0.3) is 10.2 Å². The van der Waals surface area contributed by atoms with E-state index in [-0.39, 0.29) is 18.4 Å². The molecule has 1 aliphatic carbocycles. The van der Waals surface area contributed by atoms with E-state index in [4.69, 9.17) is 0 Å². The van der Waals surface area contributed by atoms with E-state index < -0.39 is 0 Å². The van der Waals surface area contributed by atoms with E-state index in [0.29, 0.717) is 13.1 Å². The van der Waals surface area contributed by atoms with Gasteiger partial charge < -0.3 is 20.7 Å². The molecule has 0 bridgehead atoms. The van der Waals surface area contributed by atoms with Gasteiger partial charge in [-0.05, 0) is 61.9 Å². The summed E-state index contributed by atoms with van der Waals surface area (Å²) >= 11 is 3.21. The molecule has 0 fully saturated rings. The monoisotopic (exact) mass is 456 g/mol. The second-order valence-electron chi connectivity index (χ2n) is 7.65. The number of aryl methyl sites for hydroxylation is 1. The zero-order chi connectivity index (χ0) is 21.4. The molecule has 2 aliphatic rings. The van der Waals surface area contributed by atoms with Gasteiger partial charge in [0.05, 0.1) is 22.6 Å². The summed E-state index contributed by atoms with van der Waals surface area (Å²) in [7, 11) is 0. The summed E-state index contributed by atoms with van der Waals surface area (Å²) in [5.74, 6) is 0.915. The molecular weight excluding hydrogens is 432 g/mol. The zero-order valence-electron chi connectivity index (χ0n) is 17.1. The molecule has 10 heteroatoms. The maximum atomic E-state index is 12.9. The second kappa shape index (κ2) is 8.62. The number of rotatable bonds is 6. The molecule has 1 atom stereocenters. The van der Waals surface area contributed by atoms with Gasteiger partial charge in [-0.2, -0.15) is 4.83 Å². The SMILES string of the molecule is CCN(CCO)C(=O)[C@H]1CCc2c(sc3ncnc(Nc4ccc5c(c4)SNN5)c23)C1. The van der Waals surface area contributed by atoms with Crippen molar-refractivity contribution in [2.75, 3.05) is 30.4 Å². The molecule has 1 aromatic carbocycles. The number of carbonyl (C=O) groups is 1. The summed E-state index contributed by atoms with van der Waals surface area (Å²) in [6.07, 6.45) is 3.96. The topological polar surface area (TPSA) is 102 Å². The number of nitrogens with one attached hydrogen (secondary N) is 3. The Morgan fingerprint density at radius 2 is 2.29 bits per heavy atom. The van der Waals surface area contributed by atoms with Crippen LogP contribution in [0.4, 0.5) is 17.2 Å². The third-order valence-corrected chi connectivity index (χ3v) is 7.77. The average Bonchev–Trinajstić information content (AvgIpc) is 3.40. The highest BCUT2D eigenvalue weighted by Crippen LogP contribution is 2.41. The summed E-state index contributed by atoms with van der Waals surface area (Å²) in [6.45, 7) is 2.98. The smallest absolute Gasteiger partial charge is 0.226 e. The molecule has 3 heterocycles. The van der Waals surface area contributed by atoms with Crippen molar-refractivity contribution in [1.29, 1.82) is 0 Å². The first-order chi connectivity index (χ1) is 15.2. The van der Waals surface area contributed by atoms with Crippen LogP contribution in [-0.4, -0.2) is 45.6 Å². The van der Waals surface area contributed by atoms with Gasteiger partial charge in [0.1, 0.15) is 17.0 Å². The van der Waals surface area contributed by atoms with Crippen LogP contribution in [0.3, 0.4) is 0 Å². The molecule has 162 valence electrons. The van der Waals surface area contributed by atoms with E-state index in [9.17, 15) is 9.90 Å². The molecule has 8 nitrogen and oxygen atoms in total. The number of aliphatic hydroxyl groups excluding tert-OH is 1. The number of anilines is 3. The van der Waals surface area contributed by atoms with Crippen molar-refractivity contribution in [3.63, 3.8) is 0 Å². The molecule has 5 rings (SSSR count). The molecule has 0 saturated heterocycles. The predicted molar refractivity (Wildman–Crippen MR) is 125 cm³/mol. The molecule has 0 saturated carbocycles. The van der Waals surface area contributed by atoms with Gasteiger partial charge in [0.15, 0.2) is 0 Å². The van der Waals surface area contributed by atoms with E-state index in [2.05, 4.69) is 31.6 Å². The maximum Gasteiger partial charge on any atom is 0.226 e. The fourth-order valence-corrected chi connectivity index (χ4v) is 6.23. The minimum atomic E-state index is -0.0369. The molecule has 4 N–H and O–H groups in total. The van der Waals surface area contributed by atoms with Gasteiger partial charge in [0.25, 0.3) is 0 Å². The lowest BCUT2D eigenvalue weighted by molar-refractivity contribution is -0.136. The number of fused-ring (bicyclic) bond motifs is 4. The maximum absolute atomic E-state index is 12.9. The summed E-state index contributed by atoms with van der Waals surface area (Å²) in [5.41, 5.74) is 6.41. The lowest BCUT2D eigenvalue weighted by Crippen LogP contribution is -2.39. The van der Waals surface area contributed by atoms with Gasteiger partial charge in [-0.1, -0.05) is 0 Å². The first kappa shape index (κ1) is 20.5. The van der Waals surface area contributed by atoms with E-state index in [1.807, 2.05) is 19.1 Å². The number of likely N-dealkylation sites (N-methyl/N-ethyl adjacent to an activating group) is 1. The minimum absolute atomic E-state index is 0.00161. The first-order valence-corrected chi connectivity index (χ1v) is 12.0. The Kier molecular flexibility index (Phi) is 5.70. The van der Waals surface area contributed by atoms with Gasteiger partial charge in [-0.3, -0.25) is 4.79 Å². The van der Waals surface area contributed by atoms with E-state index >= 15 is 0 Å². The van der Waals surface area contributed by atoms with Gasteiger partial charge >= 0.3 is 0 Å². The number of hydrazine groups is 1. The number of hydrogen-bond donors (Lipinski definition) is 4. The number of thiophene rings is 1. The molecule has 31 heavy (non-hydrogen) atoms. The highest BCUT2D eigenvalue weighted by atomic mass is 32.2. The summed E-state index contributed by atoms with van der Waals surface area (Å²) < 4.78 is 0. The Labute approximate surface area is 188 Å². The zero-order valence-corrected chi connectivity index (χ0v) is 18.8. The third kappa shape index (κ3) is 3.84. The van der Waals surface area contributed by atoms with Crippen LogP contribution in [0.5, 0.6) is 0 Å². The molecule has 2 aromatic heterocycles. The Balaban J connectivity index is 1.42. The second-order valence-corrected chi connectivity index (χ2v) is 9.58. The molecule has 3 aromatic rings. The van der Waals surface area contributed by atoms with Crippen LogP contribution in [-0.2, 0) is 17.6 Å². The van der Waals surface area contributed by atoms with Gasteiger partial charge in [0.2, 0.25) is 5.91 Å². The number of amides is 1. The first-order valence-electron chi connectivity index (χ1n) is 10.4. The number of benzene rings is 1. The van der Waals surface area contributed by atoms with E-state index in [0.717, 1.165) is 51.6 Å². The number of hydrogen-bond acceptors (Lipinski definition) is 9. The van der Waals surface area contributed by atoms with Gasteiger partial charge in [0, 0.05) is 29.6 Å². The van der Waals surface area contributed by atoms with Crippen molar-refractivity contribution in [2.45, 2.75) is 31.1 Å².